The first-order valence-corrected chi connectivity index (χ1v) is 17.7. The highest BCUT2D eigenvalue weighted by Gasteiger charge is 2.62. The second-order valence-corrected chi connectivity index (χ2v) is 16.2. The van der Waals surface area contributed by atoms with Crippen LogP contribution in [0, 0.1) is 40.4 Å². The monoisotopic (exact) mass is 592 g/mol. The van der Waals surface area contributed by atoms with Crippen LogP contribution in [0.1, 0.15) is 96.6 Å². The molecule has 0 aliphatic heterocycles. The molecule has 2 aromatic carbocycles. The first-order valence-electron chi connectivity index (χ1n) is 16.2. The maximum atomic E-state index is 14.3. The van der Waals surface area contributed by atoms with E-state index in [-0.39, 0.29) is 30.0 Å². The first-order chi connectivity index (χ1) is 20.0. The number of Topliss-reactive ketones (excluding diaryl/α,β-unsaturated/α-hetero) is 1. The van der Waals surface area contributed by atoms with Crippen LogP contribution in [0.3, 0.4) is 0 Å². The Morgan fingerprint density at radius 3 is 1.95 bits per heavy atom. The van der Waals surface area contributed by atoms with Gasteiger partial charge in [-0.1, -0.05) is 74.5 Å². The smallest absolute Gasteiger partial charge is 0.300 e. The van der Waals surface area contributed by atoms with E-state index in [2.05, 4.69) is 20.8 Å². The van der Waals surface area contributed by atoms with Crippen LogP contribution < -0.4 is 0 Å². The molecule has 0 heterocycles. The molecule has 42 heavy (non-hydrogen) atoms. The van der Waals surface area contributed by atoms with Crippen molar-refractivity contribution in [2.24, 2.45) is 40.4 Å². The molecule has 0 amide bonds. The lowest BCUT2D eigenvalue weighted by Crippen LogP contribution is -2.56. The molecule has 4 aliphatic carbocycles. The Bertz CT molecular complexity index is 1250. The number of carbonyl (C=O) groups is 1. The minimum absolute atomic E-state index is 0.176. The lowest BCUT2D eigenvalue weighted by atomic mass is 9.44. The predicted molar refractivity (Wildman–Crippen MR) is 165 cm³/mol. The minimum Gasteiger partial charge on any atom is -0.300 e. The quantitative estimate of drug-likeness (QED) is 0.271. The molecular formula is C36H49O5P. The van der Waals surface area contributed by atoms with E-state index in [1.165, 1.54) is 32.1 Å². The zero-order chi connectivity index (χ0) is 29.6. The molecule has 6 rings (SSSR count). The Morgan fingerprint density at radius 2 is 1.36 bits per heavy atom. The van der Waals surface area contributed by atoms with Gasteiger partial charge in [-0.3, -0.25) is 18.4 Å². The van der Waals surface area contributed by atoms with Crippen LogP contribution in [0.25, 0.3) is 0 Å². The zero-order valence-electron chi connectivity index (χ0n) is 25.9. The van der Waals surface area contributed by atoms with E-state index < -0.39 is 13.4 Å². The summed E-state index contributed by atoms with van der Waals surface area (Å²) in [4.78, 5) is 12.5. The second-order valence-electron chi connectivity index (χ2n) is 14.7. The number of phosphoric acid groups is 1. The maximum absolute atomic E-state index is 14.3. The van der Waals surface area contributed by atoms with E-state index in [0.29, 0.717) is 29.5 Å². The minimum atomic E-state index is -3.85. The first kappa shape index (κ1) is 30.3. The number of carbonyl (C=O) groups excluding carboxylic acids is 1. The van der Waals surface area contributed by atoms with Crippen LogP contribution in [0.15, 0.2) is 60.7 Å². The van der Waals surface area contributed by atoms with Crippen LogP contribution in [0.2, 0.25) is 0 Å². The summed E-state index contributed by atoms with van der Waals surface area (Å²) in [6.07, 6.45) is 9.88. The molecule has 0 saturated heterocycles. The van der Waals surface area contributed by atoms with Gasteiger partial charge < -0.3 is 0 Å². The van der Waals surface area contributed by atoms with Gasteiger partial charge in [0, 0.05) is 5.92 Å². The van der Waals surface area contributed by atoms with E-state index in [4.69, 9.17) is 13.6 Å². The number of fused-ring (bicyclic) bond motifs is 5. The molecule has 4 saturated carbocycles. The van der Waals surface area contributed by atoms with Gasteiger partial charge in [-0.25, -0.2) is 4.57 Å². The van der Waals surface area contributed by atoms with Crippen LogP contribution in [0.4, 0.5) is 0 Å². The van der Waals surface area contributed by atoms with Gasteiger partial charge in [-0.15, -0.1) is 0 Å². The molecule has 5 nitrogen and oxygen atoms in total. The topological polar surface area (TPSA) is 61.8 Å². The van der Waals surface area contributed by atoms with Crippen LogP contribution in [-0.2, 0) is 36.1 Å². The summed E-state index contributed by atoms with van der Waals surface area (Å²) in [5.41, 5.74) is 1.73. The fourth-order valence-electron chi connectivity index (χ4n) is 9.98. The fourth-order valence-corrected chi connectivity index (χ4v) is 11.5. The molecule has 0 bridgehead atoms. The third kappa shape index (κ3) is 5.72. The van der Waals surface area contributed by atoms with Gasteiger partial charge in [-0.2, -0.15) is 0 Å². The number of benzene rings is 2. The Balaban J connectivity index is 1.17. The Hall–Kier alpha value is -1.78. The van der Waals surface area contributed by atoms with Gasteiger partial charge in [-0.05, 0) is 117 Å². The lowest BCUT2D eigenvalue weighted by Gasteiger charge is -2.62. The van der Waals surface area contributed by atoms with Crippen molar-refractivity contribution in [3.63, 3.8) is 0 Å². The molecule has 4 unspecified atom stereocenters. The van der Waals surface area contributed by atoms with Crippen molar-refractivity contribution < 1.29 is 22.9 Å². The predicted octanol–water partition coefficient (Wildman–Crippen LogP) is 9.55. The van der Waals surface area contributed by atoms with Crippen LogP contribution >= 0.6 is 7.82 Å². The molecule has 4 aliphatic rings. The van der Waals surface area contributed by atoms with Crippen molar-refractivity contribution in [1.82, 2.24) is 0 Å². The average Bonchev–Trinajstić information content (AvgIpc) is 3.34. The molecule has 8 atom stereocenters. The van der Waals surface area contributed by atoms with Crippen molar-refractivity contribution in [1.29, 1.82) is 0 Å². The molecule has 4 fully saturated rings. The third-order valence-electron chi connectivity index (χ3n) is 12.2. The molecule has 228 valence electrons. The summed E-state index contributed by atoms with van der Waals surface area (Å²) in [6.45, 7) is 9.25. The van der Waals surface area contributed by atoms with Crippen molar-refractivity contribution in [2.45, 2.75) is 104 Å². The highest BCUT2D eigenvalue weighted by atomic mass is 31.2. The third-order valence-corrected chi connectivity index (χ3v) is 13.8. The molecule has 0 N–H and O–H groups in total. The van der Waals surface area contributed by atoms with Gasteiger partial charge in [0.2, 0.25) is 0 Å². The summed E-state index contributed by atoms with van der Waals surface area (Å²) in [7, 11) is -3.85. The summed E-state index contributed by atoms with van der Waals surface area (Å²) in [6, 6.07) is 19.6. The van der Waals surface area contributed by atoms with E-state index in [0.717, 1.165) is 36.8 Å². The molecule has 0 spiro atoms. The van der Waals surface area contributed by atoms with Crippen molar-refractivity contribution >= 4 is 13.6 Å². The van der Waals surface area contributed by atoms with E-state index >= 15 is 0 Å². The maximum Gasteiger partial charge on any atom is 0.475 e. The molecular weight excluding hydrogens is 543 g/mol. The van der Waals surface area contributed by atoms with E-state index in [1.54, 1.807) is 0 Å². The molecule has 6 heteroatoms. The normalized spacial score (nSPS) is 37.9. The fraction of sp³-hybridized carbons (Fsp3) is 0.639. The number of hydrogen-bond acceptors (Lipinski definition) is 5. The second kappa shape index (κ2) is 11.6. The van der Waals surface area contributed by atoms with Gasteiger partial charge in [0.25, 0.3) is 0 Å². The lowest BCUT2D eigenvalue weighted by molar-refractivity contribution is -0.149. The zero-order valence-corrected chi connectivity index (χ0v) is 26.8. The van der Waals surface area contributed by atoms with Crippen molar-refractivity contribution in [2.75, 3.05) is 0 Å². The van der Waals surface area contributed by atoms with Gasteiger partial charge >= 0.3 is 7.82 Å². The average molecular weight is 593 g/mol. The highest BCUT2D eigenvalue weighted by Crippen LogP contribution is 2.69. The summed E-state index contributed by atoms with van der Waals surface area (Å²) in [5.74, 6) is 3.25. The summed E-state index contributed by atoms with van der Waals surface area (Å²) in [5, 5.41) is 0. The van der Waals surface area contributed by atoms with E-state index in [1.807, 2.05) is 67.6 Å². The summed E-state index contributed by atoms with van der Waals surface area (Å²) < 4.78 is 32.8. The Labute approximate surface area is 252 Å². The number of hydrogen-bond donors (Lipinski definition) is 0. The summed E-state index contributed by atoms with van der Waals surface area (Å²) >= 11 is 0. The highest BCUT2D eigenvalue weighted by molar-refractivity contribution is 7.48. The molecule has 0 aromatic heterocycles. The van der Waals surface area contributed by atoms with Crippen molar-refractivity contribution in [3.8, 4) is 0 Å². The van der Waals surface area contributed by atoms with E-state index in [9.17, 15) is 9.36 Å². The number of rotatable bonds is 9. The number of phosphoric ester groups is 1. The molecule has 2 aromatic rings. The Morgan fingerprint density at radius 1 is 0.762 bits per heavy atom. The Kier molecular flexibility index (Phi) is 8.37. The molecule has 0 radical (unpaired) electrons. The SMILES string of the molecule is CC(=O)[C@H]1CCC2C3CCC4C[C@](C)(OP(=O)(OCc5ccccc5)OCc5ccccc5)CC[C@]4(C)C3CC[C@@]21C. The van der Waals surface area contributed by atoms with Crippen LogP contribution in [0.5, 0.6) is 0 Å². The van der Waals surface area contributed by atoms with Crippen molar-refractivity contribution in [3.05, 3.63) is 71.8 Å². The van der Waals surface area contributed by atoms with Crippen LogP contribution in [-0.4, -0.2) is 11.4 Å². The van der Waals surface area contributed by atoms with Gasteiger partial charge in [0.15, 0.2) is 0 Å². The number of ketones is 1. The standard InChI is InChI=1S/C36H49O5P/c1-26(37)31-17-18-32-30-16-15-29-23-34(2,21-22-35(29,3)33(30)19-20-36(31,32)4)41-42(38,39-24-27-11-7-5-8-12-27)40-25-28-13-9-6-10-14-28/h5-14,29-33H,15-25H2,1-4H3/t29?,30?,31-,32?,33?,34-,35+,36-/m1/s1. The van der Waals surface area contributed by atoms with Gasteiger partial charge in [0.1, 0.15) is 5.78 Å². The van der Waals surface area contributed by atoms with Gasteiger partial charge in [0.05, 0.1) is 18.8 Å². The largest absolute Gasteiger partial charge is 0.475 e.